The molecule has 0 aliphatic rings. The minimum atomic E-state index is -0.420. The van der Waals surface area contributed by atoms with E-state index in [1.54, 1.807) is 10.8 Å². The summed E-state index contributed by atoms with van der Waals surface area (Å²) < 4.78 is 1.76. The van der Waals surface area contributed by atoms with Crippen molar-refractivity contribution in [1.82, 2.24) is 15.1 Å². The lowest BCUT2D eigenvalue weighted by molar-refractivity contribution is -0.116. The van der Waals surface area contributed by atoms with Gasteiger partial charge in [-0.25, -0.2) is 4.68 Å². The predicted molar refractivity (Wildman–Crippen MR) is 106 cm³/mol. The average molecular weight is 356 g/mol. The fraction of sp³-hybridized carbons (Fsp3) is 0.136. The molecule has 1 heterocycles. The maximum Gasteiger partial charge on any atom is 0.261 e. The number of amides is 1. The van der Waals surface area contributed by atoms with Crippen LogP contribution in [0.25, 0.3) is 23.0 Å². The molecule has 0 atom stereocenters. The molecule has 0 saturated heterocycles. The highest BCUT2D eigenvalue weighted by molar-refractivity contribution is 6.02. The molecule has 2 aromatic carbocycles. The number of nitrogens with zero attached hydrogens (tertiary/aromatic N) is 3. The van der Waals surface area contributed by atoms with Gasteiger partial charge in [-0.15, -0.1) is 0 Å². The van der Waals surface area contributed by atoms with Gasteiger partial charge in [-0.05, 0) is 49.2 Å². The van der Waals surface area contributed by atoms with Crippen molar-refractivity contribution < 1.29 is 4.79 Å². The molecule has 0 unspecified atom stereocenters. The maximum absolute atomic E-state index is 11.9. The highest BCUT2D eigenvalue weighted by atomic mass is 16.1. The van der Waals surface area contributed by atoms with Crippen LogP contribution in [0.4, 0.5) is 0 Å². The lowest BCUT2D eigenvalue weighted by Gasteiger charge is -2.04. The smallest absolute Gasteiger partial charge is 0.261 e. The van der Waals surface area contributed by atoms with Crippen LogP contribution in [0.5, 0.6) is 0 Å². The van der Waals surface area contributed by atoms with Gasteiger partial charge in [0.1, 0.15) is 17.3 Å². The normalized spacial score (nSPS) is 11.1. The molecule has 3 aromatic rings. The fourth-order valence-corrected chi connectivity index (χ4v) is 2.76. The largest absolute Gasteiger partial charge is 0.354 e. The maximum atomic E-state index is 11.9. The SMILES string of the molecule is CNC(=O)/C(C#N)=C/c1cn(-c2ccccc2)nc1-c1ccc(C)c(C)c1. The Labute approximate surface area is 158 Å². The number of nitriles is 1. The van der Waals surface area contributed by atoms with Crippen LogP contribution >= 0.6 is 0 Å². The van der Waals surface area contributed by atoms with Crippen molar-refractivity contribution in [3.8, 4) is 23.0 Å². The second kappa shape index (κ2) is 7.71. The van der Waals surface area contributed by atoms with Gasteiger partial charge in [0, 0.05) is 24.4 Å². The number of carbonyl (C=O) groups is 1. The molecular formula is C22H20N4O. The van der Waals surface area contributed by atoms with Crippen LogP contribution in [0.3, 0.4) is 0 Å². The first kappa shape index (κ1) is 18.2. The van der Waals surface area contributed by atoms with E-state index in [1.165, 1.54) is 12.6 Å². The minimum absolute atomic E-state index is 0.0372. The molecule has 134 valence electrons. The highest BCUT2D eigenvalue weighted by Crippen LogP contribution is 2.27. The number of para-hydroxylation sites is 1. The molecular weight excluding hydrogens is 336 g/mol. The average Bonchev–Trinajstić information content (AvgIpc) is 3.12. The number of rotatable bonds is 4. The van der Waals surface area contributed by atoms with Crippen LogP contribution in [-0.4, -0.2) is 22.7 Å². The number of nitrogens with one attached hydrogen (secondary N) is 1. The number of hydrogen-bond donors (Lipinski definition) is 1. The first-order valence-corrected chi connectivity index (χ1v) is 8.60. The third kappa shape index (κ3) is 3.80. The van der Waals surface area contributed by atoms with Crippen LogP contribution in [-0.2, 0) is 4.79 Å². The molecule has 0 aliphatic carbocycles. The Kier molecular flexibility index (Phi) is 5.18. The van der Waals surface area contributed by atoms with E-state index in [1.807, 2.05) is 61.7 Å². The number of benzene rings is 2. The van der Waals surface area contributed by atoms with E-state index < -0.39 is 5.91 Å². The zero-order valence-electron chi connectivity index (χ0n) is 15.5. The second-order valence-electron chi connectivity index (χ2n) is 6.26. The van der Waals surface area contributed by atoms with Gasteiger partial charge in [-0.1, -0.05) is 30.3 Å². The van der Waals surface area contributed by atoms with Crippen molar-refractivity contribution in [2.45, 2.75) is 13.8 Å². The van der Waals surface area contributed by atoms with Crippen molar-refractivity contribution in [2.24, 2.45) is 0 Å². The molecule has 0 saturated carbocycles. The summed E-state index contributed by atoms with van der Waals surface area (Å²) in [5, 5.41) is 16.6. The van der Waals surface area contributed by atoms with Gasteiger partial charge < -0.3 is 5.32 Å². The van der Waals surface area contributed by atoms with Crippen molar-refractivity contribution in [3.63, 3.8) is 0 Å². The molecule has 1 N–H and O–H groups in total. The summed E-state index contributed by atoms with van der Waals surface area (Å²) in [4.78, 5) is 11.9. The van der Waals surface area contributed by atoms with Gasteiger partial charge in [-0.3, -0.25) is 4.79 Å². The zero-order chi connectivity index (χ0) is 19.4. The Morgan fingerprint density at radius 3 is 2.52 bits per heavy atom. The summed E-state index contributed by atoms with van der Waals surface area (Å²) >= 11 is 0. The predicted octanol–water partition coefficient (Wildman–Crippen LogP) is 3.81. The second-order valence-corrected chi connectivity index (χ2v) is 6.26. The molecule has 1 aromatic heterocycles. The monoisotopic (exact) mass is 356 g/mol. The van der Waals surface area contributed by atoms with E-state index in [4.69, 9.17) is 5.10 Å². The summed E-state index contributed by atoms with van der Waals surface area (Å²) in [5.41, 5.74) is 5.66. The van der Waals surface area contributed by atoms with Crippen molar-refractivity contribution in [2.75, 3.05) is 7.05 Å². The zero-order valence-corrected chi connectivity index (χ0v) is 15.5. The minimum Gasteiger partial charge on any atom is -0.354 e. The Morgan fingerprint density at radius 2 is 1.89 bits per heavy atom. The lowest BCUT2D eigenvalue weighted by atomic mass is 10.0. The fourth-order valence-electron chi connectivity index (χ4n) is 2.76. The van der Waals surface area contributed by atoms with Crippen molar-refractivity contribution >= 4 is 12.0 Å². The standard InChI is InChI=1S/C22H20N4O/c1-15-9-10-17(11-16(15)2)21-19(12-18(13-23)22(27)24-3)14-26(25-21)20-7-5-4-6-8-20/h4-12,14H,1-3H3,(H,24,27)/b18-12+. The van der Waals surface area contributed by atoms with Gasteiger partial charge >= 0.3 is 0 Å². The molecule has 27 heavy (non-hydrogen) atoms. The summed E-state index contributed by atoms with van der Waals surface area (Å²) in [5.74, 6) is -0.420. The first-order chi connectivity index (χ1) is 13.0. The van der Waals surface area contributed by atoms with E-state index >= 15 is 0 Å². The number of aromatic nitrogens is 2. The topological polar surface area (TPSA) is 70.7 Å². The third-order valence-electron chi connectivity index (χ3n) is 4.44. The Hall–Kier alpha value is -3.65. The number of likely N-dealkylation sites (N-methyl/N-ethyl adjacent to an activating group) is 1. The van der Waals surface area contributed by atoms with E-state index in [9.17, 15) is 10.1 Å². The van der Waals surface area contributed by atoms with Gasteiger partial charge in [0.15, 0.2) is 0 Å². The molecule has 0 radical (unpaired) electrons. The highest BCUT2D eigenvalue weighted by Gasteiger charge is 2.14. The molecule has 3 rings (SSSR count). The Morgan fingerprint density at radius 1 is 1.15 bits per heavy atom. The number of carbonyl (C=O) groups excluding carboxylic acids is 1. The van der Waals surface area contributed by atoms with Crippen LogP contribution in [0.15, 0.2) is 60.3 Å². The van der Waals surface area contributed by atoms with Gasteiger partial charge in [0.25, 0.3) is 5.91 Å². The number of aryl methyl sites for hydroxylation is 2. The van der Waals surface area contributed by atoms with Crippen LogP contribution in [0, 0.1) is 25.2 Å². The summed E-state index contributed by atoms with van der Waals surface area (Å²) in [7, 11) is 1.51. The number of hydrogen-bond acceptors (Lipinski definition) is 3. The molecule has 0 fully saturated rings. The third-order valence-corrected chi connectivity index (χ3v) is 4.44. The Balaban J connectivity index is 2.19. The van der Waals surface area contributed by atoms with Crippen molar-refractivity contribution in [3.05, 3.63) is 77.0 Å². The van der Waals surface area contributed by atoms with E-state index in [-0.39, 0.29) is 5.57 Å². The molecule has 0 spiro atoms. The van der Waals surface area contributed by atoms with E-state index in [0.717, 1.165) is 22.5 Å². The van der Waals surface area contributed by atoms with Crippen LogP contribution < -0.4 is 5.32 Å². The van der Waals surface area contributed by atoms with Gasteiger partial charge in [0.05, 0.1) is 5.69 Å². The summed E-state index contributed by atoms with van der Waals surface area (Å²) in [6, 6.07) is 17.8. The van der Waals surface area contributed by atoms with Gasteiger partial charge in [-0.2, -0.15) is 10.4 Å². The molecule has 0 bridgehead atoms. The Bertz CT molecular complexity index is 1060. The van der Waals surface area contributed by atoms with Crippen molar-refractivity contribution in [1.29, 1.82) is 5.26 Å². The first-order valence-electron chi connectivity index (χ1n) is 8.60. The quantitative estimate of drug-likeness (QED) is 0.571. The summed E-state index contributed by atoms with van der Waals surface area (Å²) in [6.45, 7) is 4.11. The van der Waals surface area contributed by atoms with E-state index in [0.29, 0.717) is 5.56 Å². The molecule has 5 nitrogen and oxygen atoms in total. The summed E-state index contributed by atoms with van der Waals surface area (Å²) in [6.07, 6.45) is 3.41. The molecule has 1 amide bonds. The lowest BCUT2D eigenvalue weighted by Crippen LogP contribution is -2.19. The van der Waals surface area contributed by atoms with Gasteiger partial charge in [0.2, 0.25) is 0 Å². The van der Waals surface area contributed by atoms with Crippen LogP contribution in [0.1, 0.15) is 16.7 Å². The van der Waals surface area contributed by atoms with E-state index in [2.05, 4.69) is 18.3 Å². The molecule has 5 heteroatoms. The van der Waals surface area contributed by atoms with Crippen LogP contribution in [0.2, 0.25) is 0 Å². The molecule has 0 aliphatic heterocycles.